The van der Waals surface area contributed by atoms with Crippen LogP contribution in [0.2, 0.25) is 0 Å². The molecule has 0 aliphatic heterocycles. The normalized spacial score (nSPS) is 6.43. The first-order chi connectivity index (χ1) is 5.59. The molecular weight excluding hydrogens is 174 g/mol. The fraction of sp³-hybridized carbons (Fsp3) is 0.250. The van der Waals surface area contributed by atoms with Gasteiger partial charge in [0.25, 0.3) is 0 Å². The molecule has 0 atom stereocenters. The van der Waals surface area contributed by atoms with E-state index in [1.165, 1.54) is 6.92 Å². The minimum Gasteiger partial charge on any atom is -0.548 e. The first kappa shape index (κ1) is 18.9. The number of carboxylic acids is 2. The Hall–Kier alpha value is -0.745. The summed E-state index contributed by atoms with van der Waals surface area (Å²) in [5.74, 6) is 2.97. The van der Waals surface area contributed by atoms with Crippen molar-refractivity contribution >= 4 is 11.9 Å². The molecule has 0 saturated heterocycles. The van der Waals surface area contributed by atoms with E-state index < -0.39 is 17.9 Å². The third-order valence-electron chi connectivity index (χ3n) is 0.875. The molecule has 0 aromatic heterocycles. The summed E-state index contributed by atoms with van der Waals surface area (Å²) < 4.78 is 0. The number of carbonyl (C=O) groups excluding carboxylic acids is 2. The standard InChI is InChI=1S/C8H6O4.2Li/c1-2-3-4-5-6(7(9)10)8(11)12;;/h6H,1H3,(H,9,10)(H,11,12);;/q;2*+1/p-2. The summed E-state index contributed by atoms with van der Waals surface area (Å²) in [6, 6.07) is 0. The summed E-state index contributed by atoms with van der Waals surface area (Å²) in [6.07, 6.45) is 0. The van der Waals surface area contributed by atoms with Gasteiger partial charge >= 0.3 is 37.7 Å². The fourth-order valence-electron chi connectivity index (χ4n) is 0.385. The van der Waals surface area contributed by atoms with Crippen molar-refractivity contribution in [2.24, 2.45) is 5.92 Å². The van der Waals surface area contributed by atoms with Gasteiger partial charge in [-0.25, -0.2) is 0 Å². The van der Waals surface area contributed by atoms with E-state index in [-0.39, 0.29) is 37.7 Å². The van der Waals surface area contributed by atoms with Crippen molar-refractivity contribution in [1.29, 1.82) is 0 Å². The van der Waals surface area contributed by atoms with Crippen molar-refractivity contribution in [2.75, 3.05) is 0 Å². The van der Waals surface area contributed by atoms with Crippen LogP contribution in [0.4, 0.5) is 0 Å². The van der Waals surface area contributed by atoms with Gasteiger partial charge in [0.1, 0.15) is 5.92 Å². The second kappa shape index (κ2) is 10.3. The number of carboxylic acid groups (broad SMARTS) is 2. The molecule has 0 bridgehead atoms. The molecule has 0 rings (SSSR count). The van der Waals surface area contributed by atoms with Gasteiger partial charge in [-0.15, -0.1) is 0 Å². The summed E-state index contributed by atoms with van der Waals surface area (Å²) in [5.41, 5.74) is 0. The zero-order chi connectivity index (χ0) is 9.56. The van der Waals surface area contributed by atoms with E-state index in [4.69, 9.17) is 0 Å². The Bertz CT molecular complexity index is 302. The average Bonchev–Trinajstić information content (AvgIpc) is 1.96. The van der Waals surface area contributed by atoms with Gasteiger partial charge in [0.2, 0.25) is 0 Å². The maximum atomic E-state index is 10.1. The van der Waals surface area contributed by atoms with Gasteiger partial charge < -0.3 is 19.8 Å². The Kier molecular flexibility index (Phi) is 14.0. The molecule has 0 aromatic carbocycles. The van der Waals surface area contributed by atoms with Gasteiger partial charge in [-0.1, -0.05) is 11.8 Å². The van der Waals surface area contributed by atoms with Crippen LogP contribution in [-0.2, 0) is 9.59 Å². The summed E-state index contributed by atoms with van der Waals surface area (Å²) in [4.78, 5) is 20.1. The van der Waals surface area contributed by atoms with Crippen LogP contribution in [0.15, 0.2) is 0 Å². The SMILES string of the molecule is CC#CC#CC(C(=O)[O-])C(=O)[O-].[Li+].[Li+]. The smallest absolute Gasteiger partial charge is 0.548 e. The second-order valence-electron chi connectivity index (χ2n) is 1.72. The Labute approximate surface area is 106 Å². The number of aliphatic carboxylic acids is 2. The Morgan fingerprint density at radius 1 is 1.07 bits per heavy atom. The summed E-state index contributed by atoms with van der Waals surface area (Å²) in [5, 5.41) is 20.1. The first-order valence-electron chi connectivity index (χ1n) is 2.93. The molecule has 0 aromatic rings. The predicted octanol–water partition coefficient (Wildman–Crippen LogP) is -8.86. The summed E-state index contributed by atoms with van der Waals surface area (Å²) >= 11 is 0. The van der Waals surface area contributed by atoms with Gasteiger partial charge in [-0.05, 0) is 18.8 Å². The third-order valence-corrected chi connectivity index (χ3v) is 0.875. The monoisotopic (exact) mass is 178 g/mol. The molecule has 0 fully saturated rings. The van der Waals surface area contributed by atoms with Crippen LogP contribution >= 0.6 is 0 Å². The number of rotatable bonds is 2. The minimum absolute atomic E-state index is 0. The van der Waals surface area contributed by atoms with Gasteiger partial charge in [-0.3, -0.25) is 0 Å². The van der Waals surface area contributed by atoms with Crippen LogP contribution in [0.1, 0.15) is 6.92 Å². The van der Waals surface area contributed by atoms with Crippen LogP contribution in [0.3, 0.4) is 0 Å². The number of carbonyl (C=O) groups is 2. The zero-order valence-electron chi connectivity index (χ0n) is 8.21. The molecule has 0 N–H and O–H groups in total. The molecule has 6 heteroatoms. The van der Waals surface area contributed by atoms with Gasteiger partial charge in [0.15, 0.2) is 0 Å². The van der Waals surface area contributed by atoms with Crippen molar-refractivity contribution < 1.29 is 57.5 Å². The van der Waals surface area contributed by atoms with Gasteiger partial charge in [0.05, 0.1) is 11.9 Å². The third kappa shape index (κ3) is 7.88. The topological polar surface area (TPSA) is 80.3 Å². The van der Waals surface area contributed by atoms with Crippen molar-refractivity contribution in [3.05, 3.63) is 0 Å². The van der Waals surface area contributed by atoms with Crippen LogP contribution in [-0.4, -0.2) is 11.9 Å². The van der Waals surface area contributed by atoms with E-state index in [1.807, 2.05) is 11.8 Å². The second-order valence-corrected chi connectivity index (χ2v) is 1.72. The molecule has 0 aliphatic rings. The predicted molar refractivity (Wildman–Crippen MR) is 34.7 cm³/mol. The molecule has 0 unspecified atom stereocenters. The van der Waals surface area contributed by atoms with E-state index in [9.17, 15) is 19.8 Å². The van der Waals surface area contributed by atoms with Crippen LogP contribution < -0.4 is 47.9 Å². The van der Waals surface area contributed by atoms with Gasteiger partial charge in [0, 0.05) is 0 Å². The molecular formula is C8H4Li2O4. The van der Waals surface area contributed by atoms with E-state index in [2.05, 4.69) is 11.8 Å². The Morgan fingerprint density at radius 2 is 1.50 bits per heavy atom. The van der Waals surface area contributed by atoms with Crippen molar-refractivity contribution in [3.63, 3.8) is 0 Å². The first-order valence-corrected chi connectivity index (χ1v) is 2.93. The molecule has 0 aliphatic carbocycles. The van der Waals surface area contributed by atoms with E-state index in [1.54, 1.807) is 0 Å². The van der Waals surface area contributed by atoms with E-state index >= 15 is 0 Å². The van der Waals surface area contributed by atoms with E-state index in [0.717, 1.165) is 0 Å². The van der Waals surface area contributed by atoms with Crippen LogP contribution in [0.25, 0.3) is 0 Å². The molecule has 0 saturated carbocycles. The molecule has 0 spiro atoms. The molecule has 0 heterocycles. The molecule has 14 heavy (non-hydrogen) atoms. The molecule has 4 nitrogen and oxygen atoms in total. The quantitative estimate of drug-likeness (QED) is 0.239. The molecule has 0 amide bonds. The summed E-state index contributed by atoms with van der Waals surface area (Å²) in [7, 11) is 0. The number of hydrogen-bond donors (Lipinski definition) is 0. The maximum Gasteiger partial charge on any atom is 1.00 e. The summed E-state index contributed by atoms with van der Waals surface area (Å²) in [6.45, 7) is 1.49. The molecule has 62 valence electrons. The average molecular weight is 178 g/mol. The van der Waals surface area contributed by atoms with Crippen molar-refractivity contribution in [3.8, 4) is 23.7 Å². The fourth-order valence-corrected chi connectivity index (χ4v) is 0.385. The van der Waals surface area contributed by atoms with Crippen molar-refractivity contribution in [1.82, 2.24) is 0 Å². The van der Waals surface area contributed by atoms with Crippen molar-refractivity contribution in [2.45, 2.75) is 6.92 Å². The van der Waals surface area contributed by atoms with Crippen LogP contribution in [0, 0.1) is 29.6 Å². The van der Waals surface area contributed by atoms with Gasteiger partial charge in [-0.2, -0.15) is 0 Å². The minimum atomic E-state index is -1.91. The van der Waals surface area contributed by atoms with Crippen LogP contribution in [0.5, 0.6) is 0 Å². The maximum absolute atomic E-state index is 10.1. The number of hydrogen-bond acceptors (Lipinski definition) is 4. The van der Waals surface area contributed by atoms with E-state index in [0.29, 0.717) is 0 Å². The molecule has 0 radical (unpaired) electrons. The largest absolute Gasteiger partial charge is 1.00 e. The Morgan fingerprint density at radius 3 is 1.79 bits per heavy atom. The Balaban J connectivity index is -0.000000605. The zero-order valence-corrected chi connectivity index (χ0v) is 8.21.